The molecule has 0 saturated carbocycles. The van der Waals surface area contributed by atoms with Gasteiger partial charge in [0, 0.05) is 12.7 Å². The summed E-state index contributed by atoms with van der Waals surface area (Å²) in [5, 5.41) is 5.09. The highest BCUT2D eigenvalue weighted by molar-refractivity contribution is 6.33. The van der Waals surface area contributed by atoms with Gasteiger partial charge in [0.15, 0.2) is 11.6 Å². The number of fused-ring (bicyclic) bond motifs is 1. The number of hydrogen-bond donors (Lipinski definition) is 1. The first-order valence-corrected chi connectivity index (χ1v) is 9.67. The van der Waals surface area contributed by atoms with Gasteiger partial charge >= 0.3 is 0 Å². The zero-order chi connectivity index (χ0) is 20.8. The van der Waals surface area contributed by atoms with Crippen LogP contribution >= 0.6 is 11.6 Å². The fourth-order valence-corrected chi connectivity index (χ4v) is 3.93. The molecule has 0 amide bonds. The van der Waals surface area contributed by atoms with Gasteiger partial charge in [-0.3, -0.25) is 9.36 Å². The minimum absolute atomic E-state index is 0.135. The van der Waals surface area contributed by atoms with Gasteiger partial charge in [0.2, 0.25) is 5.95 Å². The number of hydrogen-bond acceptors (Lipinski definition) is 6. The summed E-state index contributed by atoms with van der Waals surface area (Å²) in [7, 11) is 0. The third-order valence-corrected chi connectivity index (χ3v) is 5.51. The molecule has 1 fully saturated rings. The molecule has 1 aliphatic rings. The van der Waals surface area contributed by atoms with E-state index in [1.54, 1.807) is 16.8 Å². The lowest BCUT2D eigenvalue weighted by Crippen LogP contribution is -2.45. The Kier molecular flexibility index (Phi) is 4.19. The topological polar surface area (TPSA) is 94.3 Å². The van der Waals surface area contributed by atoms with E-state index in [2.05, 4.69) is 15.9 Å². The smallest absolute Gasteiger partial charge is 0.284 e. The van der Waals surface area contributed by atoms with Gasteiger partial charge in [-0.25, -0.2) is 9.50 Å². The first kappa shape index (κ1) is 18.2. The number of terminal acetylenes is 1. The predicted molar refractivity (Wildman–Crippen MR) is 115 cm³/mol. The van der Waals surface area contributed by atoms with E-state index in [-0.39, 0.29) is 17.5 Å². The number of nitrogen functional groups attached to an aromatic ring is 1. The SMILES string of the molecule is C#Cc1cnc(N)nc1N1CC[C@H]1c1nn2ccc(Cl)c2c(=O)n1-c1ccccc1. The van der Waals surface area contributed by atoms with E-state index < -0.39 is 0 Å². The van der Waals surface area contributed by atoms with Crippen molar-refractivity contribution in [2.45, 2.75) is 12.5 Å². The van der Waals surface area contributed by atoms with Crippen molar-refractivity contribution in [1.82, 2.24) is 24.1 Å². The van der Waals surface area contributed by atoms with Crippen LogP contribution in [0.5, 0.6) is 0 Å². The molecular weight excluding hydrogens is 402 g/mol. The average Bonchev–Trinajstić information content (AvgIpc) is 3.09. The highest BCUT2D eigenvalue weighted by atomic mass is 35.5. The molecule has 0 bridgehead atoms. The summed E-state index contributed by atoms with van der Waals surface area (Å²) >= 11 is 6.26. The number of para-hydroxylation sites is 1. The van der Waals surface area contributed by atoms with Gasteiger partial charge in [-0.2, -0.15) is 10.1 Å². The van der Waals surface area contributed by atoms with Crippen LogP contribution in [0.25, 0.3) is 11.2 Å². The van der Waals surface area contributed by atoms with Crippen molar-refractivity contribution in [3.05, 3.63) is 75.6 Å². The Labute approximate surface area is 176 Å². The largest absolute Gasteiger partial charge is 0.368 e. The van der Waals surface area contributed by atoms with Gasteiger partial charge in [-0.1, -0.05) is 35.7 Å². The first-order chi connectivity index (χ1) is 14.6. The van der Waals surface area contributed by atoms with Crippen molar-refractivity contribution in [2.24, 2.45) is 0 Å². The molecule has 1 atom stereocenters. The summed E-state index contributed by atoms with van der Waals surface area (Å²) in [6.45, 7) is 0.699. The number of nitrogens with two attached hydrogens (primary N) is 1. The van der Waals surface area contributed by atoms with Gasteiger partial charge in [-0.05, 0) is 24.6 Å². The third kappa shape index (κ3) is 2.71. The number of anilines is 2. The molecular formula is C21H16ClN7O. The Morgan fingerprint density at radius 1 is 1.23 bits per heavy atom. The van der Waals surface area contributed by atoms with Crippen LogP contribution in [0, 0.1) is 12.3 Å². The van der Waals surface area contributed by atoms with E-state index in [4.69, 9.17) is 28.9 Å². The maximum Gasteiger partial charge on any atom is 0.284 e. The minimum atomic E-state index is -0.243. The van der Waals surface area contributed by atoms with Crippen LogP contribution in [-0.2, 0) is 0 Å². The molecule has 2 N–H and O–H groups in total. The van der Waals surface area contributed by atoms with Crippen molar-refractivity contribution in [3.8, 4) is 18.0 Å². The van der Waals surface area contributed by atoms with Gasteiger partial charge in [0.25, 0.3) is 5.56 Å². The van der Waals surface area contributed by atoms with E-state index in [1.165, 1.54) is 10.7 Å². The molecule has 8 nitrogen and oxygen atoms in total. The summed E-state index contributed by atoms with van der Waals surface area (Å²) in [4.78, 5) is 23.7. The Hall–Kier alpha value is -3.83. The van der Waals surface area contributed by atoms with Crippen molar-refractivity contribution < 1.29 is 0 Å². The highest BCUT2D eigenvalue weighted by Gasteiger charge is 2.36. The quantitative estimate of drug-likeness (QED) is 0.514. The number of rotatable bonds is 3. The van der Waals surface area contributed by atoms with Crippen molar-refractivity contribution in [3.63, 3.8) is 0 Å². The number of aromatic nitrogens is 5. The molecule has 5 rings (SSSR count). The number of nitrogens with zero attached hydrogens (tertiary/aromatic N) is 6. The molecule has 0 unspecified atom stereocenters. The Morgan fingerprint density at radius 3 is 2.73 bits per heavy atom. The van der Waals surface area contributed by atoms with E-state index in [1.807, 2.05) is 35.2 Å². The summed E-state index contributed by atoms with van der Waals surface area (Å²) < 4.78 is 3.12. The molecule has 1 aromatic carbocycles. The Bertz CT molecular complexity index is 1370. The molecule has 1 saturated heterocycles. The van der Waals surface area contributed by atoms with Crippen molar-refractivity contribution >= 4 is 28.9 Å². The Balaban J connectivity index is 1.73. The molecule has 0 spiro atoms. The van der Waals surface area contributed by atoms with Gasteiger partial charge in [-0.15, -0.1) is 6.42 Å². The summed E-state index contributed by atoms with van der Waals surface area (Å²) in [6, 6.07) is 10.8. The first-order valence-electron chi connectivity index (χ1n) is 9.29. The summed E-state index contributed by atoms with van der Waals surface area (Å²) in [5.41, 5.74) is 7.12. The van der Waals surface area contributed by atoms with Crippen molar-refractivity contribution in [1.29, 1.82) is 0 Å². The third-order valence-electron chi connectivity index (χ3n) is 5.21. The van der Waals surface area contributed by atoms with Crippen LogP contribution in [0.4, 0.5) is 11.8 Å². The maximum atomic E-state index is 13.4. The molecule has 0 aliphatic carbocycles. The maximum absolute atomic E-state index is 13.4. The van der Waals surface area contributed by atoms with E-state index in [9.17, 15) is 4.79 Å². The molecule has 9 heteroatoms. The molecule has 30 heavy (non-hydrogen) atoms. The molecule has 1 aliphatic heterocycles. The zero-order valence-electron chi connectivity index (χ0n) is 15.7. The molecule has 3 aromatic heterocycles. The molecule has 148 valence electrons. The van der Waals surface area contributed by atoms with Crippen LogP contribution < -0.4 is 16.2 Å². The molecule has 0 radical (unpaired) electrons. The van der Waals surface area contributed by atoms with Gasteiger partial charge < -0.3 is 10.6 Å². The standard InChI is InChI=1S/C21H16ClN7O/c1-2-13-12-24-21(23)25-18(13)27-10-9-16(27)19-26-28-11-8-15(22)17(28)20(30)29(19)14-6-4-3-5-7-14/h1,3-8,11-12,16H,9-10H2,(H2,23,24,25)/t16-/m0/s1. The van der Waals surface area contributed by atoms with Crippen LogP contribution in [0.1, 0.15) is 23.9 Å². The monoisotopic (exact) mass is 417 g/mol. The van der Waals surface area contributed by atoms with Crippen LogP contribution in [0.15, 0.2) is 53.6 Å². The fourth-order valence-electron chi connectivity index (χ4n) is 3.71. The second kappa shape index (κ2) is 6.90. The lowest BCUT2D eigenvalue weighted by atomic mass is 10.0. The van der Waals surface area contributed by atoms with E-state index in [0.29, 0.717) is 40.0 Å². The predicted octanol–water partition coefficient (Wildman–Crippen LogP) is 2.44. The highest BCUT2D eigenvalue weighted by Crippen LogP contribution is 2.38. The zero-order valence-corrected chi connectivity index (χ0v) is 16.5. The van der Waals surface area contributed by atoms with Crippen LogP contribution in [-0.4, -0.2) is 30.7 Å². The molecule has 4 aromatic rings. The van der Waals surface area contributed by atoms with Gasteiger partial charge in [0.05, 0.1) is 28.5 Å². The second-order valence-electron chi connectivity index (χ2n) is 6.90. The minimum Gasteiger partial charge on any atom is -0.368 e. The van der Waals surface area contributed by atoms with E-state index in [0.717, 1.165) is 6.42 Å². The normalized spacial score (nSPS) is 15.7. The fraction of sp³-hybridized carbons (Fsp3) is 0.143. The lowest BCUT2D eigenvalue weighted by Gasteiger charge is -2.42. The van der Waals surface area contributed by atoms with Crippen LogP contribution in [0.3, 0.4) is 0 Å². The average molecular weight is 418 g/mol. The van der Waals surface area contributed by atoms with Crippen LogP contribution in [0.2, 0.25) is 5.02 Å². The summed E-state index contributed by atoms with van der Waals surface area (Å²) in [5.74, 6) is 3.86. The molecule has 4 heterocycles. The summed E-state index contributed by atoms with van der Waals surface area (Å²) in [6.07, 6.45) is 9.61. The van der Waals surface area contributed by atoms with Gasteiger partial charge in [0.1, 0.15) is 5.52 Å². The van der Waals surface area contributed by atoms with E-state index >= 15 is 0 Å². The Morgan fingerprint density at radius 2 is 2.03 bits per heavy atom. The van der Waals surface area contributed by atoms with Crippen molar-refractivity contribution in [2.75, 3.05) is 17.2 Å². The number of halogens is 1. The number of benzene rings is 1. The lowest BCUT2D eigenvalue weighted by molar-refractivity contribution is 0.423. The second-order valence-corrected chi connectivity index (χ2v) is 7.31.